The van der Waals surface area contributed by atoms with Crippen LogP contribution in [-0.4, -0.2) is 49.6 Å². The summed E-state index contributed by atoms with van der Waals surface area (Å²) in [6.07, 6.45) is 0. The third kappa shape index (κ3) is 5.47. The lowest BCUT2D eigenvalue weighted by Gasteiger charge is -2.36. The van der Waals surface area contributed by atoms with Gasteiger partial charge < -0.3 is 10.6 Å². The molecule has 6 nitrogen and oxygen atoms in total. The minimum atomic E-state index is -0.446. The van der Waals surface area contributed by atoms with E-state index in [9.17, 15) is 9.59 Å². The molecule has 1 saturated heterocycles. The SMILES string of the molecule is CC(C)CNC(=O)NC(=O)CN1CCNCC1c1ccccc1Cl. The van der Waals surface area contributed by atoms with E-state index in [1.54, 1.807) is 0 Å². The fourth-order valence-electron chi connectivity index (χ4n) is 2.68. The summed E-state index contributed by atoms with van der Waals surface area (Å²) in [6, 6.07) is 7.21. The van der Waals surface area contributed by atoms with Gasteiger partial charge in [0.2, 0.25) is 5.91 Å². The van der Waals surface area contributed by atoms with E-state index in [1.165, 1.54) is 0 Å². The van der Waals surface area contributed by atoms with Crippen molar-refractivity contribution in [3.05, 3.63) is 34.9 Å². The fourth-order valence-corrected chi connectivity index (χ4v) is 2.94. The Morgan fingerprint density at radius 3 is 2.83 bits per heavy atom. The number of amides is 3. The van der Waals surface area contributed by atoms with Crippen molar-refractivity contribution in [1.29, 1.82) is 0 Å². The topological polar surface area (TPSA) is 73.5 Å². The minimum Gasteiger partial charge on any atom is -0.338 e. The van der Waals surface area contributed by atoms with Gasteiger partial charge in [-0.2, -0.15) is 0 Å². The Balaban J connectivity index is 1.95. The van der Waals surface area contributed by atoms with E-state index in [4.69, 9.17) is 11.6 Å². The van der Waals surface area contributed by atoms with E-state index in [0.717, 1.165) is 25.2 Å². The van der Waals surface area contributed by atoms with Gasteiger partial charge in [-0.15, -0.1) is 0 Å². The number of piperazine rings is 1. The predicted molar refractivity (Wildman–Crippen MR) is 95.0 cm³/mol. The van der Waals surface area contributed by atoms with E-state index >= 15 is 0 Å². The Morgan fingerprint density at radius 1 is 1.38 bits per heavy atom. The Bertz CT molecular complexity index is 579. The van der Waals surface area contributed by atoms with Crippen molar-refractivity contribution in [2.75, 3.05) is 32.7 Å². The maximum atomic E-state index is 12.2. The van der Waals surface area contributed by atoms with Crippen molar-refractivity contribution in [3.8, 4) is 0 Å². The van der Waals surface area contributed by atoms with Gasteiger partial charge in [0.1, 0.15) is 0 Å². The van der Waals surface area contributed by atoms with Crippen LogP contribution in [0.15, 0.2) is 24.3 Å². The molecule has 0 aromatic heterocycles. The number of carbonyl (C=O) groups excluding carboxylic acids is 2. The van der Waals surface area contributed by atoms with E-state index in [-0.39, 0.29) is 18.5 Å². The van der Waals surface area contributed by atoms with Gasteiger partial charge in [0.25, 0.3) is 0 Å². The Kier molecular flexibility index (Phi) is 7.02. The van der Waals surface area contributed by atoms with E-state index in [0.29, 0.717) is 17.5 Å². The van der Waals surface area contributed by atoms with E-state index < -0.39 is 6.03 Å². The van der Waals surface area contributed by atoms with Gasteiger partial charge >= 0.3 is 6.03 Å². The van der Waals surface area contributed by atoms with Crippen LogP contribution in [0.4, 0.5) is 4.79 Å². The third-order valence-corrected chi connectivity index (χ3v) is 4.23. The molecule has 0 bridgehead atoms. The van der Waals surface area contributed by atoms with Gasteiger partial charge in [0.05, 0.1) is 6.54 Å². The fraction of sp³-hybridized carbons (Fsp3) is 0.529. The standard InChI is InChI=1S/C17H25ClN4O2/c1-12(2)9-20-17(24)21-16(23)11-22-8-7-19-10-15(22)13-5-3-4-6-14(13)18/h3-6,12,15,19H,7-11H2,1-2H3,(H2,20,21,23,24). The number of benzene rings is 1. The first-order chi connectivity index (χ1) is 11.5. The summed E-state index contributed by atoms with van der Waals surface area (Å²) in [5, 5.41) is 9.08. The van der Waals surface area contributed by atoms with Gasteiger partial charge in [0.15, 0.2) is 0 Å². The molecule has 1 unspecified atom stereocenters. The molecular formula is C17H25ClN4O2. The molecule has 1 atom stereocenters. The van der Waals surface area contributed by atoms with E-state index in [2.05, 4.69) is 16.0 Å². The Morgan fingerprint density at radius 2 is 2.12 bits per heavy atom. The summed E-state index contributed by atoms with van der Waals surface area (Å²) in [5.74, 6) is 0.0267. The first-order valence-electron chi connectivity index (χ1n) is 8.24. The van der Waals surface area contributed by atoms with Crippen LogP contribution in [0.2, 0.25) is 5.02 Å². The monoisotopic (exact) mass is 352 g/mol. The molecule has 0 aliphatic carbocycles. The molecule has 2 rings (SSSR count). The molecule has 0 saturated carbocycles. The van der Waals surface area contributed by atoms with Crippen molar-refractivity contribution >= 4 is 23.5 Å². The number of carbonyl (C=O) groups is 2. The maximum Gasteiger partial charge on any atom is 0.321 e. The summed E-state index contributed by atoms with van der Waals surface area (Å²) >= 11 is 6.30. The van der Waals surface area contributed by atoms with Crippen molar-refractivity contribution in [1.82, 2.24) is 20.9 Å². The zero-order chi connectivity index (χ0) is 17.5. The summed E-state index contributed by atoms with van der Waals surface area (Å²) in [4.78, 5) is 25.9. The molecule has 7 heteroatoms. The van der Waals surface area contributed by atoms with Crippen LogP contribution in [0, 0.1) is 5.92 Å². The van der Waals surface area contributed by atoms with Crippen LogP contribution in [-0.2, 0) is 4.79 Å². The summed E-state index contributed by atoms with van der Waals surface area (Å²) < 4.78 is 0. The first kappa shape index (κ1) is 18.7. The van der Waals surface area contributed by atoms with Crippen LogP contribution in [0.1, 0.15) is 25.5 Å². The molecule has 0 radical (unpaired) electrons. The zero-order valence-electron chi connectivity index (χ0n) is 14.1. The van der Waals surface area contributed by atoms with Gasteiger partial charge in [-0.3, -0.25) is 15.0 Å². The average molecular weight is 353 g/mol. The number of nitrogens with one attached hydrogen (secondary N) is 3. The van der Waals surface area contributed by atoms with Crippen molar-refractivity contribution in [3.63, 3.8) is 0 Å². The average Bonchev–Trinajstić information content (AvgIpc) is 2.54. The van der Waals surface area contributed by atoms with E-state index in [1.807, 2.05) is 43.0 Å². The third-order valence-electron chi connectivity index (χ3n) is 3.89. The smallest absolute Gasteiger partial charge is 0.321 e. The second-order valence-corrected chi connectivity index (χ2v) is 6.77. The summed E-state index contributed by atoms with van der Waals surface area (Å²) in [5.41, 5.74) is 0.989. The first-order valence-corrected chi connectivity index (χ1v) is 8.62. The van der Waals surface area contributed by atoms with Crippen molar-refractivity contribution < 1.29 is 9.59 Å². The number of nitrogens with zero attached hydrogens (tertiary/aromatic N) is 1. The summed E-state index contributed by atoms with van der Waals surface area (Å²) in [7, 11) is 0. The molecule has 132 valence electrons. The lowest BCUT2D eigenvalue weighted by atomic mass is 10.0. The van der Waals surface area contributed by atoms with Crippen molar-refractivity contribution in [2.24, 2.45) is 5.92 Å². The quantitative estimate of drug-likeness (QED) is 0.755. The molecule has 3 amide bonds. The molecule has 1 fully saturated rings. The van der Waals surface area contributed by atoms with Gasteiger partial charge in [-0.25, -0.2) is 4.79 Å². The number of urea groups is 1. The van der Waals surface area contributed by atoms with Crippen LogP contribution < -0.4 is 16.0 Å². The Labute approximate surface area is 147 Å². The molecule has 1 aliphatic heterocycles. The summed E-state index contributed by atoms with van der Waals surface area (Å²) in [6.45, 7) is 6.93. The lowest BCUT2D eigenvalue weighted by molar-refractivity contribution is -0.122. The molecule has 3 N–H and O–H groups in total. The highest BCUT2D eigenvalue weighted by Gasteiger charge is 2.27. The lowest BCUT2D eigenvalue weighted by Crippen LogP contribution is -2.51. The molecule has 1 heterocycles. The number of imide groups is 1. The van der Waals surface area contributed by atoms with Gasteiger partial charge in [-0.1, -0.05) is 43.6 Å². The molecule has 1 aliphatic rings. The number of hydrogen-bond acceptors (Lipinski definition) is 4. The zero-order valence-corrected chi connectivity index (χ0v) is 14.9. The van der Waals surface area contributed by atoms with Crippen LogP contribution in [0.5, 0.6) is 0 Å². The molecule has 1 aromatic rings. The molecule has 24 heavy (non-hydrogen) atoms. The van der Waals surface area contributed by atoms with Gasteiger partial charge in [-0.05, 0) is 17.5 Å². The highest BCUT2D eigenvalue weighted by atomic mass is 35.5. The van der Waals surface area contributed by atoms with Gasteiger partial charge in [0, 0.05) is 37.2 Å². The van der Waals surface area contributed by atoms with Crippen molar-refractivity contribution in [2.45, 2.75) is 19.9 Å². The highest BCUT2D eigenvalue weighted by Crippen LogP contribution is 2.28. The highest BCUT2D eigenvalue weighted by molar-refractivity contribution is 6.31. The Hall–Kier alpha value is -1.63. The maximum absolute atomic E-state index is 12.2. The van der Waals surface area contributed by atoms with Crippen LogP contribution in [0.3, 0.4) is 0 Å². The van der Waals surface area contributed by atoms with Crippen LogP contribution >= 0.6 is 11.6 Å². The minimum absolute atomic E-state index is 0.0110. The number of hydrogen-bond donors (Lipinski definition) is 3. The largest absolute Gasteiger partial charge is 0.338 e. The second kappa shape index (κ2) is 9.01. The number of rotatable bonds is 5. The predicted octanol–water partition coefficient (Wildman–Crippen LogP) is 1.77. The van der Waals surface area contributed by atoms with Crippen LogP contribution in [0.25, 0.3) is 0 Å². The number of halogens is 1. The molecule has 1 aromatic carbocycles. The normalized spacial score (nSPS) is 18.4. The molecular weight excluding hydrogens is 328 g/mol. The molecule has 0 spiro atoms. The second-order valence-electron chi connectivity index (χ2n) is 6.36.